The second-order valence-electron chi connectivity index (χ2n) is 4.52. The second-order valence-corrected chi connectivity index (χ2v) is 6.76. The van der Waals surface area contributed by atoms with Crippen LogP contribution in [-0.4, -0.2) is 19.9 Å². The molecule has 1 aromatic carbocycles. The van der Waals surface area contributed by atoms with Gasteiger partial charge in [-0.25, -0.2) is 8.42 Å². The predicted octanol–water partition coefficient (Wildman–Crippen LogP) is 2.84. The molecule has 0 spiro atoms. The molecule has 0 aliphatic carbocycles. The third kappa shape index (κ3) is 2.96. The lowest BCUT2D eigenvalue weighted by Crippen LogP contribution is -2.30. The molecule has 0 unspecified atom stereocenters. The Morgan fingerprint density at radius 3 is 2.43 bits per heavy atom. The number of halogens is 1. The van der Waals surface area contributed by atoms with E-state index in [0.29, 0.717) is 22.8 Å². The predicted molar refractivity (Wildman–Crippen MR) is 85.0 cm³/mol. The molecule has 0 aliphatic heterocycles. The van der Waals surface area contributed by atoms with Crippen molar-refractivity contribution in [2.24, 2.45) is 0 Å². The summed E-state index contributed by atoms with van der Waals surface area (Å²) >= 11 is 5.99. The Morgan fingerprint density at radius 2 is 1.90 bits per heavy atom. The first-order chi connectivity index (χ1) is 9.87. The van der Waals surface area contributed by atoms with E-state index >= 15 is 0 Å². The van der Waals surface area contributed by atoms with Crippen LogP contribution in [-0.2, 0) is 10.0 Å². The molecule has 1 aromatic heterocycles. The number of sulfonamides is 1. The number of nitrogens with two attached hydrogens (primary N) is 1. The van der Waals surface area contributed by atoms with Crippen LogP contribution in [0.1, 0.15) is 12.5 Å². The molecule has 5 nitrogen and oxygen atoms in total. The highest BCUT2D eigenvalue weighted by Crippen LogP contribution is 2.30. The molecule has 2 N–H and O–H groups in total. The van der Waals surface area contributed by atoms with Crippen LogP contribution >= 0.6 is 11.6 Å². The molecule has 7 heteroatoms. The molecule has 112 valence electrons. The van der Waals surface area contributed by atoms with Crippen molar-refractivity contribution in [2.45, 2.75) is 18.7 Å². The average Bonchev–Trinajstić information content (AvgIpc) is 2.45. The topological polar surface area (TPSA) is 76.3 Å². The maximum absolute atomic E-state index is 12.8. The van der Waals surface area contributed by atoms with Crippen molar-refractivity contribution in [3.63, 3.8) is 0 Å². The molecular weight excluding hydrogens is 310 g/mol. The van der Waals surface area contributed by atoms with Crippen LogP contribution in [0.3, 0.4) is 0 Å². The van der Waals surface area contributed by atoms with Crippen molar-refractivity contribution >= 4 is 33.0 Å². The fourth-order valence-electron chi connectivity index (χ4n) is 2.04. The summed E-state index contributed by atoms with van der Waals surface area (Å²) in [6.45, 7) is 3.79. The number of benzene rings is 1. The SMILES string of the molecule is CCN(c1ccncc1)S(=O)(=O)c1cc(C)c(Cl)c(N)c1. The van der Waals surface area contributed by atoms with Gasteiger partial charge in [-0.2, -0.15) is 0 Å². The summed E-state index contributed by atoms with van der Waals surface area (Å²) in [5, 5.41) is 0.376. The summed E-state index contributed by atoms with van der Waals surface area (Å²) < 4.78 is 26.9. The van der Waals surface area contributed by atoms with Crippen LogP contribution in [0.25, 0.3) is 0 Å². The zero-order valence-corrected chi connectivity index (χ0v) is 13.3. The minimum absolute atomic E-state index is 0.126. The van der Waals surface area contributed by atoms with Gasteiger partial charge in [0.2, 0.25) is 0 Å². The van der Waals surface area contributed by atoms with Crippen molar-refractivity contribution in [1.29, 1.82) is 0 Å². The van der Waals surface area contributed by atoms with E-state index in [-0.39, 0.29) is 10.6 Å². The van der Waals surface area contributed by atoms with E-state index in [1.165, 1.54) is 16.4 Å². The van der Waals surface area contributed by atoms with Crippen molar-refractivity contribution in [3.8, 4) is 0 Å². The monoisotopic (exact) mass is 325 g/mol. The first-order valence-electron chi connectivity index (χ1n) is 6.36. The summed E-state index contributed by atoms with van der Waals surface area (Å²) in [6.07, 6.45) is 3.10. The number of aromatic nitrogens is 1. The normalized spacial score (nSPS) is 11.4. The van der Waals surface area contributed by atoms with Crippen LogP contribution < -0.4 is 10.0 Å². The molecule has 0 aliphatic rings. The van der Waals surface area contributed by atoms with Gasteiger partial charge in [-0.15, -0.1) is 0 Å². The quantitative estimate of drug-likeness (QED) is 0.877. The lowest BCUT2D eigenvalue weighted by atomic mass is 10.2. The van der Waals surface area contributed by atoms with Gasteiger partial charge in [0.25, 0.3) is 10.0 Å². The maximum atomic E-state index is 12.8. The first-order valence-corrected chi connectivity index (χ1v) is 8.18. The Morgan fingerprint density at radius 1 is 1.29 bits per heavy atom. The highest BCUT2D eigenvalue weighted by molar-refractivity contribution is 7.92. The molecule has 0 fully saturated rings. The molecule has 2 rings (SSSR count). The second kappa shape index (κ2) is 5.91. The Hall–Kier alpha value is -1.79. The Balaban J connectivity index is 2.55. The molecule has 21 heavy (non-hydrogen) atoms. The average molecular weight is 326 g/mol. The minimum atomic E-state index is -3.70. The number of nitrogens with zero attached hydrogens (tertiary/aromatic N) is 2. The Labute approximate surface area is 129 Å². The zero-order valence-electron chi connectivity index (χ0n) is 11.7. The minimum Gasteiger partial charge on any atom is -0.397 e. The van der Waals surface area contributed by atoms with Gasteiger partial charge in [0.05, 0.1) is 21.3 Å². The zero-order chi connectivity index (χ0) is 15.6. The lowest BCUT2D eigenvalue weighted by molar-refractivity contribution is 0.592. The fraction of sp³-hybridized carbons (Fsp3) is 0.214. The van der Waals surface area contributed by atoms with Gasteiger partial charge in [0, 0.05) is 18.9 Å². The van der Waals surface area contributed by atoms with Gasteiger partial charge in [-0.3, -0.25) is 9.29 Å². The first kappa shape index (κ1) is 15.6. The highest BCUT2D eigenvalue weighted by Gasteiger charge is 2.24. The van der Waals surface area contributed by atoms with Crippen molar-refractivity contribution < 1.29 is 8.42 Å². The van der Waals surface area contributed by atoms with Crippen LogP contribution in [0, 0.1) is 6.92 Å². The Kier molecular flexibility index (Phi) is 4.39. The van der Waals surface area contributed by atoms with Gasteiger partial charge in [0.15, 0.2) is 0 Å². The summed E-state index contributed by atoms with van der Waals surface area (Å²) in [7, 11) is -3.70. The number of nitrogen functional groups attached to an aromatic ring is 1. The molecule has 2 aromatic rings. The van der Waals surface area contributed by atoms with Crippen LogP contribution in [0.15, 0.2) is 41.6 Å². The van der Waals surface area contributed by atoms with E-state index in [1.54, 1.807) is 38.4 Å². The van der Waals surface area contributed by atoms with E-state index < -0.39 is 10.0 Å². The third-order valence-corrected chi connectivity index (χ3v) is 5.48. The largest absolute Gasteiger partial charge is 0.397 e. The van der Waals surface area contributed by atoms with E-state index in [9.17, 15) is 8.42 Å². The van der Waals surface area contributed by atoms with Crippen LogP contribution in [0.5, 0.6) is 0 Å². The smallest absolute Gasteiger partial charge is 0.264 e. The highest BCUT2D eigenvalue weighted by atomic mass is 35.5. The van der Waals surface area contributed by atoms with E-state index in [4.69, 9.17) is 17.3 Å². The van der Waals surface area contributed by atoms with Crippen LogP contribution in [0.4, 0.5) is 11.4 Å². The number of aryl methyl sites for hydroxylation is 1. The standard InChI is InChI=1S/C14H16ClN3O2S/c1-3-18(11-4-6-17-7-5-11)21(19,20)12-8-10(2)14(15)13(16)9-12/h4-9H,3,16H2,1-2H3. The Bertz CT molecular complexity index is 725. The summed E-state index contributed by atoms with van der Waals surface area (Å²) in [5.41, 5.74) is 7.20. The summed E-state index contributed by atoms with van der Waals surface area (Å²) in [4.78, 5) is 4.02. The van der Waals surface area contributed by atoms with Gasteiger partial charge < -0.3 is 5.73 Å². The molecule has 0 atom stereocenters. The van der Waals surface area contributed by atoms with Gasteiger partial charge in [-0.1, -0.05) is 11.6 Å². The van der Waals surface area contributed by atoms with E-state index in [0.717, 1.165) is 0 Å². The molecule has 1 heterocycles. The van der Waals surface area contributed by atoms with Crippen molar-refractivity contribution in [3.05, 3.63) is 47.2 Å². The third-order valence-electron chi connectivity index (χ3n) is 3.08. The van der Waals surface area contributed by atoms with Gasteiger partial charge >= 0.3 is 0 Å². The lowest BCUT2D eigenvalue weighted by Gasteiger charge is -2.23. The fourth-order valence-corrected chi connectivity index (χ4v) is 3.74. The summed E-state index contributed by atoms with van der Waals surface area (Å²) in [5.74, 6) is 0. The van der Waals surface area contributed by atoms with Gasteiger partial charge in [0.1, 0.15) is 0 Å². The molecule has 0 amide bonds. The molecule has 0 saturated heterocycles. The van der Waals surface area contributed by atoms with Gasteiger partial charge in [-0.05, 0) is 43.7 Å². The van der Waals surface area contributed by atoms with E-state index in [2.05, 4.69) is 4.98 Å². The molecule has 0 saturated carbocycles. The van der Waals surface area contributed by atoms with E-state index in [1.807, 2.05) is 0 Å². The van der Waals surface area contributed by atoms with Crippen molar-refractivity contribution in [1.82, 2.24) is 4.98 Å². The maximum Gasteiger partial charge on any atom is 0.264 e. The summed E-state index contributed by atoms with van der Waals surface area (Å²) in [6, 6.07) is 6.20. The number of anilines is 2. The number of rotatable bonds is 4. The molecular formula is C14H16ClN3O2S. The molecule has 0 radical (unpaired) electrons. The number of hydrogen-bond acceptors (Lipinski definition) is 4. The molecule has 0 bridgehead atoms. The number of pyridine rings is 1. The number of hydrogen-bond donors (Lipinski definition) is 1. The van der Waals surface area contributed by atoms with Crippen LogP contribution in [0.2, 0.25) is 5.02 Å². The van der Waals surface area contributed by atoms with Crippen molar-refractivity contribution in [2.75, 3.05) is 16.6 Å².